The van der Waals surface area contributed by atoms with Crippen LogP contribution in [0.3, 0.4) is 0 Å². The van der Waals surface area contributed by atoms with Gasteiger partial charge in [-0.3, -0.25) is 4.98 Å². The van der Waals surface area contributed by atoms with Gasteiger partial charge >= 0.3 is 0 Å². The molecule has 5 heteroatoms. The smallest absolute Gasteiger partial charge is 0.135 e. The highest BCUT2D eigenvalue weighted by molar-refractivity contribution is 7.80. The van der Waals surface area contributed by atoms with Crippen LogP contribution in [0.4, 0.5) is 15.8 Å². The molecule has 0 atom stereocenters. The van der Waals surface area contributed by atoms with E-state index in [1.54, 1.807) is 12.1 Å². The predicted molar refractivity (Wildman–Crippen MR) is 79.3 cm³/mol. The van der Waals surface area contributed by atoms with Gasteiger partial charge in [-0.1, -0.05) is 18.3 Å². The van der Waals surface area contributed by atoms with Crippen LogP contribution in [0.25, 0.3) is 0 Å². The van der Waals surface area contributed by atoms with Gasteiger partial charge in [0.2, 0.25) is 0 Å². The molecule has 98 valence electrons. The number of aromatic nitrogens is 1. The zero-order valence-electron chi connectivity index (χ0n) is 10.7. The molecule has 0 bridgehead atoms. The topological polar surface area (TPSA) is 50.9 Å². The van der Waals surface area contributed by atoms with Crippen molar-refractivity contribution < 1.29 is 4.39 Å². The Balaban J connectivity index is 2.44. The molecule has 0 aliphatic heterocycles. The number of halogens is 1. The van der Waals surface area contributed by atoms with Gasteiger partial charge in [0.1, 0.15) is 10.8 Å². The summed E-state index contributed by atoms with van der Waals surface area (Å²) in [5.74, 6) is -0.435. The van der Waals surface area contributed by atoms with Gasteiger partial charge in [0.05, 0.1) is 22.6 Å². The van der Waals surface area contributed by atoms with E-state index < -0.39 is 5.82 Å². The summed E-state index contributed by atoms with van der Waals surface area (Å²) in [6.45, 7) is 3.80. The normalized spacial score (nSPS) is 10.3. The SMILES string of the molecule is Cc1ccc(Nc2cccc(F)c2C(N)=S)c(C)n1. The van der Waals surface area contributed by atoms with E-state index in [4.69, 9.17) is 18.0 Å². The Kier molecular flexibility index (Phi) is 3.76. The number of thiocarbonyl (C=S) groups is 1. The van der Waals surface area contributed by atoms with Crippen molar-refractivity contribution in [1.29, 1.82) is 0 Å². The summed E-state index contributed by atoms with van der Waals surface area (Å²) < 4.78 is 13.7. The molecule has 3 nitrogen and oxygen atoms in total. The highest BCUT2D eigenvalue weighted by Gasteiger charge is 2.12. The third-order valence-corrected chi connectivity index (χ3v) is 2.96. The van der Waals surface area contributed by atoms with Crippen LogP contribution in [-0.4, -0.2) is 9.97 Å². The number of benzene rings is 1. The number of hydrogen-bond donors (Lipinski definition) is 2. The van der Waals surface area contributed by atoms with Crippen molar-refractivity contribution in [3.05, 3.63) is 53.1 Å². The van der Waals surface area contributed by atoms with Crippen molar-refractivity contribution in [2.24, 2.45) is 5.73 Å². The molecule has 0 amide bonds. The third-order valence-electron chi connectivity index (χ3n) is 2.75. The van der Waals surface area contributed by atoms with E-state index in [9.17, 15) is 4.39 Å². The molecule has 3 N–H and O–H groups in total. The number of hydrogen-bond acceptors (Lipinski definition) is 3. The molecule has 19 heavy (non-hydrogen) atoms. The molecule has 0 unspecified atom stereocenters. The number of aryl methyl sites for hydroxylation is 2. The number of nitrogens with two attached hydrogens (primary N) is 1. The van der Waals surface area contributed by atoms with E-state index >= 15 is 0 Å². The van der Waals surface area contributed by atoms with Crippen molar-refractivity contribution in [2.45, 2.75) is 13.8 Å². The van der Waals surface area contributed by atoms with Crippen molar-refractivity contribution >= 4 is 28.6 Å². The highest BCUT2D eigenvalue weighted by atomic mass is 32.1. The predicted octanol–water partition coefficient (Wildman–Crippen LogP) is 3.22. The van der Waals surface area contributed by atoms with Gasteiger partial charge < -0.3 is 11.1 Å². The average Bonchev–Trinajstić information content (AvgIpc) is 2.32. The zero-order chi connectivity index (χ0) is 14.0. The minimum absolute atomic E-state index is 0.0262. The molecule has 0 aliphatic rings. The first-order chi connectivity index (χ1) is 8.99. The number of nitrogens with zero attached hydrogens (tertiary/aromatic N) is 1. The molecule has 0 fully saturated rings. The maximum Gasteiger partial charge on any atom is 0.135 e. The number of pyridine rings is 1. The van der Waals surface area contributed by atoms with Crippen molar-refractivity contribution in [3.8, 4) is 0 Å². The summed E-state index contributed by atoms with van der Waals surface area (Å²) in [4.78, 5) is 4.37. The zero-order valence-corrected chi connectivity index (χ0v) is 11.5. The Labute approximate surface area is 116 Å². The van der Waals surface area contributed by atoms with Crippen LogP contribution in [0, 0.1) is 19.7 Å². The average molecular weight is 275 g/mol. The van der Waals surface area contributed by atoms with Gasteiger partial charge in [-0.25, -0.2) is 4.39 Å². The van der Waals surface area contributed by atoms with Crippen LogP contribution >= 0.6 is 12.2 Å². The minimum Gasteiger partial charge on any atom is -0.389 e. The maximum absolute atomic E-state index is 13.7. The summed E-state index contributed by atoms with van der Waals surface area (Å²) in [6.07, 6.45) is 0. The van der Waals surface area contributed by atoms with Crippen LogP contribution < -0.4 is 11.1 Å². The van der Waals surface area contributed by atoms with Crippen LogP contribution in [-0.2, 0) is 0 Å². The van der Waals surface area contributed by atoms with E-state index in [1.165, 1.54) is 6.07 Å². The van der Waals surface area contributed by atoms with Gasteiger partial charge in [-0.05, 0) is 38.1 Å². The van der Waals surface area contributed by atoms with Crippen molar-refractivity contribution in [1.82, 2.24) is 4.98 Å². The lowest BCUT2D eigenvalue weighted by molar-refractivity contribution is 0.626. The molecule has 0 aliphatic carbocycles. The standard InChI is InChI=1S/C14H14FN3S/c1-8-6-7-11(9(2)17-8)18-12-5-3-4-10(15)13(12)14(16)19/h3-7,18H,1-2H3,(H2,16,19). The number of rotatable bonds is 3. The van der Waals surface area contributed by atoms with Crippen LogP contribution in [0.15, 0.2) is 30.3 Å². The first kappa shape index (κ1) is 13.4. The van der Waals surface area contributed by atoms with Crippen molar-refractivity contribution in [3.63, 3.8) is 0 Å². The molecule has 0 radical (unpaired) electrons. The second-order valence-corrected chi connectivity index (χ2v) is 4.68. The van der Waals surface area contributed by atoms with Crippen LogP contribution in [0.5, 0.6) is 0 Å². The van der Waals surface area contributed by atoms with Crippen LogP contribution in [0.1, 0.15) is 17.0 Å². The Morgan fingerprint density at radius 3 is 2.58 bits per heavy atom. The number of nitrogens with one attached hydrogen (secondary N) is 1. The summed E-state index contributed by atoms with van der Waals surface area (Å²) >= 11 is 4.89. The summed E-state index contributed by atoms with van der Waals surface area (Å²) in [5, 5.41) is 3.12. The van der Waals surface area contributed by atoms with E-state index in [2.05, 4.69) is 10.3 Å². The summed E-state index contributed by atoms with van der Waals surface area (Å²) in [7, 11) is 0. The Hall–Kier alpha value is -2.01. The fraction of sp³-hybridized carbons (Fsp3) is 0.143. The van der Waals surface area contributed by atoms with Crippen LogP contribution in [0.2, 0.25) is 0 Å². The van der Waals surface area contributed by atoms with E-state index in [0.29, 0.717) is 5.69 Å². The van der Waals surface area contributed by atoms with E-state index in [-0.39, 0.29) is 10.6 Å². The summed E-state index contributed by atoms with van der Waals surface area (Å²) in [6, 6.07) is 8.45. The molecular weight excluding hydrogens is 261 g/mol. The van der Waals surface area contributed by atoms with E-state index in [1.807, 2.05) is 26.0 Å². The quantitative estimate of drug-likeness (QED) is 0.845. The lowest BCUT2D eigenvalue weighted by Gasteiger charge is -2.13. The van der Waals surface area contributed by atoms with Gasteiger partial charge in [0.25, 0.3) is 0 Å². The van der Waals surface area contributed by atoms with Gasteiger partial charge in [0.15, 0.2) is 0 Å². The molecule has 0 saturated heterocycles. The van der Waals surface area contributed by atoms with Gasteiger partial charge in [-0.15, -0.1) is 0 Å². The lowest BCUT2D eigenvalue weighted by atomic mass is 10.1. The van der Waals surface area contributed by atoms with E-state index in [0.717, 1.165) is 17.1 Å². The first-order valence-corrected chi connectivity index (χ1v) is 6.19. The molecule has 0 spiro atoms. The molecule has 2 aromatic rings. The molecule has 2 rings (SSSR count). The van der Waals surface area contributed by atoms with Gasteiger partial charge in [0, 0.05) is 5.69 Å². The lowest BCUT2D eigenvalue weighted by Crippen LogP contribution is -2.14. The second-order valence-electron chi connectivity index (χ2n) is 4.24. The highest BCUT2D eigenvalue weighted by Crippen LogP contribution is 2.24. The van der Waals surface area contributed by atoms with Crippen molar-refractivity contribution in [2.75, 3.05) is 5.32 Å². The summed E-state index contributed by atoms with van der Waals surface area (Å²) in [5.41, 5.74) is 8.89. The Bertz CT molecular complexity index is 641. The fourth-order valence-corrected chi connectivity index (χ4v) is 2.05. The minimum atomic E-state index is -0.435. The molecular formula is C14H14FN3S. The first-order valence-electron chi connectivity index (χ1n) is 5.78. The maximum atomic E-state index is 13.7. The molecule has 1 aromatic carbocycles. The molecule has 1 heterocycles. The third kappa shape index (κ3) is 2.88. The Morgan fingerprint density at radius 2 is 1.95 bits per heavy atom. The second kappa shape index (κ2) is 5.32. The largest absolute Gasteiger partial charge is 0.389 e. The monoisotopic (exact) mass is 275 g/mol. The molecule has 0 saturated carbocycles. The van der Waals surface area contributed by atoms with Gasteiger partial charge in [-0.2, -0.15) is 0 Å². The number of anilines is 2. The molecule has 1 aromatic heterocycles. The Morgan fingerprint density at radius 1 is 1.21 bits per heavy atom. The fourth-order valence-electron chi connectivity index (χ4n) is 1.84.